The summed E-state index contributed by atoms with van der Waals surface area (Å²) >= 11 is 0. The molecule has 1 aliphatic heterocycles. The lowest BCUT2D eigenvalue weighted by Crippen LogP contribution is -2.45. The smallest absolute Gasteiger partial charge is 0.118 e. The average molecular weight is 279 g/mol. The lowest BCUT2D eigenvalue weighted by atomic mass is 10.2. The largest absolute Gasteiger partial charge is 0.465 e. The standard InChI is InChI=1S/C16H29N3O/c1-4-6-17-12-15-11-16(20-14(15)3)13-19-9-7-18(5-2)8-10-19/h11,17H,4-10,12-13H2,1-3H3. The van der Waals surface area contributed by atoms with Gasteiger partial charge >= 0.3 is 0 Å². The summed E-state index contributed by atoms with van der Waals surface area (Å²) in [5.74, 6) is 2.18. The first-order valence-corrected chi connectivity index (χ1v) is 7.96. The highest BCUT2D eigenvalue weighted by Gasteiger charge is 2.17. The molecule has 1 aromatic heterocycles. The molecule has 4 nitrogen and oxygen atoms in total. The Morgan fingerprint density at radius 1 is 1.15 bits per heavy atom. The molecule has 2 heterocycles. The zero-order valence-electron chi connectivity index (χ0n) is 13.2. The Morgan fingerprint density at radius 3 is 2.50 bits per heavy atom. The number of aryl methyl sites for hydroxylation is 1. The molecule has 114 valence electrons. The van der Waals surface area contributed by atoms with Crippen molar-refractivity contribution in [3.05, 3.63) is 23.2 Å². The van der Waals surface area contributed by atoms with Gasteiger partial charge < -0.3 is 14.6 Å². The molecular formula is C16H29N3O. The molecule has 2 rings (SSSR count). The van der Waals surface area contributed by atoms with E-state index >= 15 is 0 Å². The number of hydrogen-bond donors (Lipinski definition) is 1. The summed E-state index contributed by atoms with van der Waals surface area (Å²) in [4.78, 5) is 5.00. The molecule has 1 fully saturated rings. The molecule has 0 aliphatic carbocycles. The van der Waals surface area contributed by atoms with Crippen LogP contribution in [0.15, 0.2) is 10.5 Å². The van der Waals surface area contributed by atoms with Crippen molar-refractivity contribution >= 4 is 0 Å². The van der Waals surface area contributed by atoms with Gasteiger partial charge in [0, 0.05) is 38.3 Å². The second-order valence-electron chi connectivity index (χ2n) is 5.68. The first-order valence-electron chi connectivity index (χ1n) is 7.96. The predicted molar refractivity (Wildman–Crippen MR) is 82.8 cm³/mol. The normalized spacial score (nSPS) is 17.8. The third-order valence-electron chi connectivity index (χ3n) is 4.11. The second kappa shape index (κ2) is 7.81. The van der Waals surface area contributed by atoms with Gasteiger partial charge in [0.2, 0.25) is 0 Å². The van der Waals surface area contributed by atoms with Crippen LogP contribution < -0.4 is 5.32 Å². The molecule has 20 heavy (non-hydrogen) atoms. The number of furan rings is 1. The molecule has 0 saturated carbocycles. The van der Waals surface area contributed by atoms with E-state index in [1.54, 1.807) is 0 Å². The van der Waals surface area contributed by atoms with Crippen LogP contribution in [0.1, 0.15) is 37.4 Å². The maximum Gasteiger partial charge on any atom is 0.118 e. The van der Waals surface area contributed by atoms with Crippen LogP contribution in [-0.4, -0.2) is 49.1 Å². The second-order valence-corrected chi connectivity index (χ2v) is 5.68. The van der Waals surface area contributed by atoms with Crippen molar-refractivity contribution in [2.75, 3.05) is 39.3 Å². The maximum atomic E-state index is 5.91. The number of likely N-dealkylation sites (N-methyl/N-ethyl adjacent to an activating group) is 1. The zero-order chi connectivity index (χ0) is 14.4. The number of rotatable bonds is 7. The van der Waals surface area contributed by atoms with Crippen molar-refractivity contribution in [2.45, 2.75) is 40.3 Å². The van der Waals surface area contributed by atoms with Gasteiger partial charge in [-0.25, -0.2) is 0 Å². The molecule has 1 N–H and O–H groups in total. The predicted octanol–water partition coefficient (Wildman–Crippen LogP) is 2.23. The molecule has 1 saturated heterocycles. The Labute approximate surface area is 123 Å². The van der Waals surface area contributed by atoms with Gasteiger partial charge in [-0.15, -0.1) is 0 Å². The van der Waals surface area contributed by atoms with Crippen LogP contribution in [0.4, 0.5) is 0 Å². The van der Waals surface area contributed by atoms with Crippen LogP contribution in [0.25, 0.3) is 0 Å². The fourth-order valence-corrected chi connectivity index (χ4v) is 2.72. The topological polar surface area (TPSA) is 31.6 Å². The molecule has 0 aromatic carbocycles. The van der Waals surface area contributed by atoms with Crippen molar-refractivity contribution in [1.82, 2.24) is 15.1 Å². The molecule has 1 aliphatic rings. The van der Waals surface area contributed by atoms with Gasteiger partial charge in [-0.3, -0.25) is 4.90 Å². The lowest BCUT2D eigenvalue weighted by Gasteiger charge is -2.33. The van der Waals surface area contributed by atoms with E-state index in [0.29, 0.717) is 0 Å². The fraction of sp³-hybridized carbons (Fsp3) is 0.750. The summed E-state index contributed by atoms with van der Waals surface area (Å²) in [7, 11) is 0. The van der Waals surface area contributed by atoms with Crippen LogP contribution in [0.3, 0.4) is 0 Å². The SMILES string of the molecule is CCCNCc1cc(CN2CCN(CC)CC2)oc1C. The highest BCUT2D eigenvalue weighted by molar-refractivity contribution is 5.20. The minimum Gasteiger partial charge on any atom is -0.465 e. The van der Waals surface area contributed by atoms with Gasteiger partial charge in [-0.05, 0) is 32.5 Å². The van der Waals surface area contributed by atoms with E-state index in [4.69, 9.17) is 4.42 Å². The first kappa shape index (κ1) is 15.5. The number of hydrogen-bond acceptors (Lipinski definition) is 4. The summed E-state index contributed by atoms with van der Waals surface area (Å²) in [5, 5.41) is 3.44. The van der Waals surface area contributed by atoms with E-state index in [-0.39, 0.29) is 0 Å². The van der Waals surface area contributed by atoms with Gasteiger partial charge in [0.25, 0.3) is 0 Å². The molecule has 0 spiro atoms. The Hall–Kier alpha value is -0.840. The van der Waals surface area contributed by atoms with Crippen LogP contribution >= 0.6 is 0 Å². The number of piperazine rings is 1. The van der Waals surface area contributed by atoms with Crippen molar-refractivity contribution < 1.29 is 4.42 Å². The van der Waals surface area contributed by atoms with Gasteiger partial charge in [0.05, 0.1) is 6.54 Å². The summed E-state index contributed by atoms with van der Waals surface area (Å²) in [6.45, 7) is 15.3. The monoisotopic (exact) mass is 279 g/mol. The summed E-state index contributed by atoms with van der Waals surface area (Å²) in [6, 6.07) is 2.23. The first-order chi connectivity index (χ1) is 9.72. The van der Waals surface area contributed by atoms with E-state index in [0.717, 1.165) is 44.2 Å². The van der Waals surface area contributed by atoms with E-state index in [1.165, 1.54) is 31.6 Å². The summed E-state index contributed by atoms with van der Waals surface area (Å²) in [6.07, 6.45) is 1.17. The van der Waals surface area contributed by atoms with Crippen LogP contribution in [0, 0.1) is 6.92 Å². The third-order valence-corrected chi connectivity index (χ3v) is 4.11. The van der Waals surface area contributed by atoms with Gasteiger partial charge in [0.1, 0.15) is 11.5 Å². The molecule has 4 heteroatoms. The third kappa shape index (κ3) is 4.33. The van der Waals surface area contributed by atoms with E-state index < -0.39 is 0 Å². The van der Waals surface area contributed by atoms with E-state index in [1.807, 2.05) is 0 Å². The Kier molecular flexibility index (Phi) is 6.07. The number of nitrogens with zero attached hydrogens (tertiary/aromatic N) is 2. The molecule has 0 amide bonds. The molecule has 0 unspecified atom stereocenters. The molecule has 0 bridgehead atoms. The molecular weight excluding hydrogens is 250 g/mol. The Balaban J connectivity index is 1.82. The highest BCUT2D eigenvalue weighted by Crippen LogP contribution is 2.17. The highest BCUT2D eigenvalue weighted by atomic mass is 16.3. The minimum atomic E-state index is 0.923. The maximum absolute atomic E-state index is 5.91. The van der Waals surface area contributed by atoms with Crippen molar-refractivity contribution in [3.63, 3.8) is 0 Å². The van der Waals surface area contributed by atoms with Gasteiger partial charge in [-0.2, -0.15) is 0 Å². The number of nitrogens with one attached hydrogen (secondary N) is 1. The van der Waals surface area contributed by atoms with E-state index in [2.05, 4.69) is 42.0 Å². The van der Waals surface area contributed by atoms with E-state index in [9.17, 15) is 0 Å². The molecule has 0 radical (unpaired) electrons. The van der Waals surface area contributed by atoms with Crippen molar-refractivity contribution in [1.29, 1.82) is 0 Å². The van der Waals surface area contributed by atoms with Crippen molar-refractivity contribution in [2.24, 2.45) is 0 Å². The van der Waals surface area contributed by atoms with Gasteiger partial charge in [-0.1, -0.05) is 13.8 Å². The summed E-state index contributed by atoms with van der Waals surface area (Å²) in [5.41, 5.74) is 1.31. The fourth-order valence-electron chi connectivity index (χ4n) is 2.72. The van der Waals surface area contributed by atoms with Gasteiger partial charge in [0.15, 0.2) is 0 Å². The van der Waals surface area contributed by atoms with Crippen LogP contribution in [0.2, 0.25) is 0 Å². The Bertz CT molecular complexity index is 394. The lowest BCUT2D eigenvalue weighted by molar-refractivity contribution is 0.125. The van der Waals surface area contributed by atoms with Crippen molar-refractivity contribution in [3.8, 4) is 0 Å². The zero-order valence-corrected chi connectivity index (χ0v) is 13.2. The minimum absolute atomic E-state index is 0.923. The average Bonchev–Trinajstić information content (AvgIpc) is 2.80. The van der Waals surface area contributed by atoms with Crippen LogP contribution in [0.5, 0.6) is 0 Å². The quantitative estimate of drug-likeness (QED) is 0.776. The molecule has 0 atom stereocenters. The summed E-state index contributed by atoms with van der Waals surface area (Å²) < 4.78 is 5.91. The Morgan fingerprint density at radius 2 is 1.85 bits per heavy atom. The molecule has 1 aromatic rings. The van der Waals surface area contributed by atoms with Crippen LogP contribution in [-0.2, 0) is 13.1 Å².